The van der Waals surface area contributed by atoms with Crippen LogP contribution in [0, 0.1) is 0 Å². The van der Waals surface area contributed by atoms with Gasteiger partial charge in [0.2, 0.25) is 5.88 Å². The molecule has 1 rings (SSSR count). The van der Waals surface area contributed by atoms with Crippen LogP contribution in [0.15, 0.2) is 12.1 Å². The van der Waals surface area contributed by atoms with Gasteiger partial charge < -0.3 is 16.2 Å². The molecule has 0 spiro atoms. The number of ether oxygens (including phenoxy) is 1. The maximum Gasteiger partial charge on any atom is 0.215 e. The molecule has 1 aromatic heterocycles. The Morgan fingerprint density at radius 1 is 1.25 bits per heavy atom. The molecular weight excluding hydrogens is 201 g/mol. The molecule has 0 atom stereocenters. The minimum atomic E-state index is 0. The van der Waals surface area contributed by atoms with Gasteiger partial charge in [-0.3, -0.25) is 0 Å². The fraction of sp³-hybridized carbons (Fsp3) is 0.167. The van der Waals surface area contributed by atoms with E-state index in [1.807, 2.05) is 0 Å². The molecule has 6 heteroatoms. The van der Waals surface area contributed by atoms with Crippen LogP contribution in [-0.2, 0) is 0 Å². The standard InChI is InChI=1S/C6H9N3O.2ClH/c1-10-5-3-2-4(7)6(8)9-5;;/h2-3H,7H2,1H3,(H2,8,9);2*1H. The van der Waals surface area contributed by atoms with Crippen LogP contribution >= 0.6 is 24.8 Å². The minimum Gasteiger partial charge on any atom is -0.481 e. The molecule has 4 N–H and O–H groups in total. The highest BCUT2D eigenvalue weighted by atomic mass is 35.5. The van der Waals surface area contributed by atoms with Crippen LogP contribution in [0.4, 0.5) is 11.5 Å². The molecule has 0 aliphatic heterocycles. The Morgan fingerprint density at radius 2 is 1.83 bits per heavy atom. The monoisotopic (exact) mass is 211 g/mol. The summed E-state index contributed by atoms with van der Waals surface area (Å²) in [6.07, 6.45) is 0. The Balaban J connectivity index is 0. The van der Waals surface area contributed by atoms with Crippen molar-refractivity contribution in [2.75, 3.05) is 18.6 Å². The average Bonchev–Trinajstić information content (AvgIpc) is 1.95. The van der Waals surface area contributed by atoms with Gasteiger partial charge in [0.1, 0.15) is 0 Å². The van der Waals surface area contributed by atoms with E-state index in [9.17, 15) is 0 Å². The Kier molecular flexibility index (Phi) is 6.55. The van der Waals surface area contributed by atoms with Crippen LogP contribution in [0.25, 0.3) is 0 Å². The Morgan fingerprint density at radius 3 is 2.25 bits per heavy atom. The predicted molar refractivity (Wildman–Crippen MR) is 54.1 cm³/mol. The van der Waals surface area contributed by atoms with Crippen LogP contribution in [0.1, 0.15) is 0 Å². The van der Waals surface area contributed by atoms with Crippen molar-refractivity contribution >= 4 is 36.3 Å². The summed E-state index contributed by atoms with van der Waals surface area (Å²) in [5, 5.41) is 0. The SMILES string of the molecule is COc1ccc(N)c(N)n1.Cl.Cl. The third-order valence-electron chi connectivity index (χ3n) is 1.14. The molecule has 0 radical (unpaired) electrons. The van der Waals surface area contributed by atoms with Gasteiger partial charge in [0.05, 0.1) is 12.8 Å². The Bertz CT molecular complexity index is 244. The minimum absolute atomic E-state index is 0. The van der Waals surface area contributed by atoms with Gasteiger partial charge in [-0.2, -0.15) is 4.98 Å². The Labute approximate surface area is 83.1 Å². The fourth-order valence-electron chi connectivity index (χ4n) is 0.581. The van der Waals surface area contributed by atoms with Gasteiger partial charge in [0.25, 0.3) is 0 Å². The summed E-state index contributed by atoms with van der Waals surface area (Å²) in [5.41, 5.74) is 11.3. The van der Waals surface area contributed by atoms with E-state index in [2.05, 4.69) is 4.98 Å². The lowest BCUT2D eigenvalue weighted by Gasteiger charge is -2.00. The van der Waals surface area contributed by atoms with Gasteiger partial charge in [-0.1, -0.05) is 0 Å². The van der Waals surface area contributed by atoms with E-state index in [0.29, 0.717) is 17.4 Å². The van der Waals surface area contributed by atoms with Gasteiger partial charge in [-0.15, -0.1) is 24.8 Å². The summed E-state index contributed by atoms with van der Waals surface area (Å²) in [6, 6.07) is 3.31. The number of rotatable bonds is 1. The molecule has 0 aromatic carbocycles. The number of pyridine rings is 1. The van der Waals surface area contributed by atoms with Crippen molar-refractivity contribution in [2.45, 2.75) is 0 Å². The molecule has 4 nitrogen and oxygen atoms in total. The number of aromatic nitrogens is 1. The van der Waals surface area contributed by atoms with Crippen molar-refractivity contribution in [1.82, 2.24) is 4.98 Å². The molecule has 0 saturated carbocycles. The van der Waals surface area contributed by atoms with Gasteiger partial charge in [-0.25, -0.2) is 0 Å². The maximum absolute atomic E-state index is 5.40. The second-order valence-corrected chi connectivity index (χ2v) is 1.83. The largest absolute Gasteiger partial charge is 0.481 e. The van der Waals surface area contributed by atoms with Crippen molar-refractivity contribution in [3.05, 3.63) is 12.1 Å². The molecule has 70 valence electrons. The molecular formula is C6H11Cl2N3O. The predicted octanol–water partition coefficient (Wildman–Crippen LogP) is 1.10. The summed E-state index contributed by atoms with van der Waals surface area (Å²) in [6.45, 7) is 0. The topological polar surface area (TPSA) is 74.2 Å². The molecule has 0 bridgehead atoms. The first-order chi connectivity index (χ1) is 4.74. The molecule has 0 fully saturated rings. The number of nitrogens with two attached hydrogens (primary N) is 2. The highest BCUT2D eigenvalue weighted by molar-refractivity contribution is 5.85. The van der Waals surface area contributed by atoms with Crippen LogP contribution in [0.3, 0.4) is 0 Å². The van der Waals surface area contributed by atoms with Crippen LogP contribution in [-0.4, -0.2) is 12.1 Å². The van der Waals surface area contributed by atoms with Gasteiger partial charge >= 0.3 is 0 Å². The molecule has 1 heterocycles. The zero-order valence-corrected chi connectivity index (χ0v) is 8.11. The van der Waals surface area contributed by atoms with E-state index in [1.165, 1.54) is 7.11 Å². The molecule has 0 unspecified atom stereocenters. The highest BCUT2D eigenvalue weighted by Gasteiger charge is 1.96. The van der Waals surface area contributed by atoms with E-state index in [4.69, 9.17) is 16.2 Å². The second-order valence-electron chi connectivity index (χ2n) is 1.83. The van der Waals surface area contributed by atoms with Crippen molar-refractivity contribution < 1.29 is 4.74 Å². The summed E-state index contributed by atoms with van der Waals surface area (Å²) in [4.78, 5) is 3.82. The number of halogens is 2. The average molecular weight is 212 g/mol. The number of methoxy groups -OCH3 is 1. The first kappa shape index (κ1) is 13.7. The zero-order chi connectivity index (χ0) is 7.56. The zero-order valence-electron chi connectivity index (χ0n) is 6.48. The lowest BCUT2D eigenvalue weighted by Crippen LogP contribution is -1.98. The molecule has 0 amide bonds. The molecule has 12 heavy (non-hydrogen) atoms. The third-order valence-corrected chi connectivity index (χ3v) is 1.14. The maximum atomic E-state index is 5.40. The molecule has 1 aromatic rings. The van der Waals surface area contributed by atoms with Crippen molar-refractivity contribution in [3.8, 4) is 5.88 Å². The molecule has 0 aliphatic carbocycles. The third kappa shape index (κ3) is 3.02. The van der Waals surface area contributed by atoms with Crippen LogP contribution in [0.2, 0.25) is 0 Å². The number of hydrogen-bond donors (Lipinski definition) is 2. The second kappa shape index (κ2) is 5.74. The number of hydrogen-bond acceptors (Lipinski definition) is 4. The summed E-state index contributed by atoms with van der Waals surface area (Å²) < 4.78 is 4.80. The first-order valence-electron chi connectivity index (χ1n) is 2.80. The summed E-state index contributed by atoms with van der Waals surface area (Å²) >= 11 is 0. The van der Waals surface area contributed by atoms with Crippen LogP contribution < -0.4 is 16.2 Å². The summed E-state index contributed by atoms with van der Waals surface area (Å²) in [7, 11) is 1.53. The van der Waals surface area contributed by atoms with E-state index in [0.717, 1.165) is 0 Å². The normalized spacial score (nSPS) is 7.75. The highest BCUT2D eigenvalue weighted by Crippen LogP contribution is 2.15. The van der Waals surface area contributed by atoms with Crippen LogP contribution in [0.5, 0.6) is 5.88 Å². The van der Waals surface area contributed by atoms with Crippen molar-refractivity contribution in [2.24, 2.45) is 0 Å². The van der Waals surface area contributed by atoms with E-state index in [1.54, 1.807) is 12.1 Å². The first-order valence-corrected chi connectivity index (χ1v) is 2.80. The fourth-order valence-corrected chi connectivity index (χ4v) is 0.581. The van der Waals surface area contributed by atoms with Crippen molar-refractivity contribution in [1.29, 1.82) is 0 Å². The van der Waals surface area contributed by atoms with E-state index in [-0.39, 0.29) is 24.8 Å². The number of nitrogen functional groups attached to an aromatic ring is 2. The number of anilines is 2. The van der Waals surface area contributed by atoms with Gasteiger partial charge in [-0.05, 0) is 6.07 Å². The summed E-state index contributed by atoms with van der Waals surface area (Å²) in [5.74, 6) is 0.783. The van der Waals surface area contributed by atoms with Crippen molar-refractivity contribution in [3.63, 3.8) is 0 Å². The van der Waals surface area contributed by atoms with Gasteiger partial charge in [0.15, 0.2) is 5.82 Å². The number of nitrogens with zero attached hydrogens (tertiary/aromatic N) is 1. The Hall–Kier alpha value is -0.870. The molecule has 0 saturated heterocycles. The van der Waals surface area contributed by atoms with E-state index >= 15 is 0 Å². The van der Waals surface area contributed by atoms with Gasteiger partial charge in [0, 0.05) is 6.07 Å². The quantitative estimate of drug-likeness (QED) is 0.730. The molecule has 0 aliphatic rings. The van der Waals surface area contributed by atoms with E-state index < -0.39 is 0 Å². The smallest absolute Gasteiger partial charge is 0.215 e. The lowest BCUT2D eigenvalue weighted by atomic mass is 10.4. The lowest BCUT2D eigenvalue weighted by molar-refractivity contribution is 0.399.